The molecule has 1 aliphatic heterocycles. The zero-order valence-electron chi connectivity index (χ0n) is 14.0. The summed E-state index contributed by atoms with van der Waals surface area (Å²) in [5.74, 6) is 1.74. The average Bonchev–Trinajstić information content (AvgIpc) is 2.92. The van der Waals surface area contributed by atoms with E-state index < -0.39 is 0 Å². The largest absolute Gasteiger partial charge is 0.314 e. The van der Waals surface area contributed by atoms with Crippen LogP contribution in [0.4, 0.5) is 0 Å². The molecule has 1 heterocycles. The lowest BCUT2D eigenvalue weighted by Gasteiger charge is -2.38. The van der Waals surface area contributed by atoms with E-state index in [2.05, 4.69) is 31.4 Å². The summed E-state index contributed by atoms with van der Waals surface area (Å²) in [7, 11) is 0. The van der Waals surface area contributed by atoms with Crippen LogP contribution in [0.25, 0.3) is 0 Å². The number of nitrogens with one attached hydrogen (secondary N) is 2. The van der Waals surface area contributed by atoms with E-state index in [1.807, 2.05) is 0 Å². The van der Waals surface area contributed by atoms with Gasteiger partial charge in [0.25, 0.3) is 0 Å². The SMILES string of the molecule is CC(C)CCCC(C)NC1CCCCC1C1CCCN1. The Morgan fingerprint density at radius 2 is 1.80 bits per heavy atom. The summed E-state index contributed by atoms with van der Waals surface area (Å²) in [5, 5.41) is 7.73. The van der Waals surface area contributed by atoms with E-state index in [0.29, 0.717) is 6.04 Å². The van der Waals surface area contributed by atoms with Gasteiger partial charge < -0.3 is 10.6 Å². The van der Waals surface area contributed by atoms with Crippen LogP contribution in [0.5, 0.6) is 0 Å². The molecule has 1 saturated heterocycles. The monoisotopic (exact) mass is 280 g/mol. The van der Waals surface area contributed by atoms with E-state index in [4.69, 9.17) is 0 Å². The Balaban J connectivity index is 1.75. The van der Waals surface area contributed by atoms with Gasteiger partial charge in [-0.15, -0.1) is 0 Å². The van der Waals surface area contributed by atoms with Gasteiger partial charge in [0.05, 0.1) is 0 Å². The van der Waals surface area contributed by atoms with Crippen molar-refractivity contribution in [1.82, 2.24) is 10.6 Å². The molecule has 1 saturated carbocycles. The Kier molecular flexibility index (Phi) is 6.83. The van der Waals surface area contributed by atoms with E-state index in [0.717, 1.165) is 23.9 Å². The summed E-state index contributed by atoms with van der Waals surface area (Å²) in [6.45, 7) is 8.31. The maximum Gasteiger partial charge on any atom is 0.0113 e. The zero-order chi connectivity index (χ0) is 14.4. The second-order valence-corrected chi connectivity index (χ2v) is 7.65. The van der Waals surface area contributed by atoms with E-state index in [9.17, 15) is 0 Å². The first-order chi connectivity index (χ1) is 9.66. The van der Waals surface area contributed by atoms with Crippen molar-refractivity contribution in [2.75, 3.05) is 6.54 Å². The molecule has 0 radical (unpaired) electrons. The van der Waals surface area contributed by atoms with Crippen LogP contribution in [0.2, 0.25) is 0 Å². The van der Waals surface area contributed by atoms with Crippen LogP contribution in [0.15, 0.2) is 0 Å². The van der Waals surface area contributed by atoms with Crippen molar-refractivity contribution < 1.29 is 0 Å². The molecule has 2 nitrogen and oxygen atoms in total. The van der Waals surface area contributed by atoms with Crippen molar-refractivity contribution in [1.29, 1.82) is 0 Å². The predicted molar refractivity (Wildman–Crippen MR) is 88.1 cm³/mol. The maximum atomic E-state index is 3.98. The number of hydrogen-bond donors (Lipinski definition) is 2. The molecule has 2 fully saturated rings. The Hall–Kier alpha value is -0.0800. The summed E-state index contributed by atoms with van der Waals surface area (Å²) >= 11 is 0. The molecule has 4 unspecified atom stereocenters. The minimum atomic E-state index is 0.695. The molecular weight excluding hydrogens is 244 g/mol. The molecule has 2 N–H and O–H groups in total. The lowest BCUT2D eigenvalue weighted by Crippen LogP contribution is -2.49. The third-order valence-corrected chi connectivity index (χ3v) is 5.35. The highest BCUT2D eigenvalue weighted by Gasteiger charge is 2.33. The zero-order valence-corrected chi connectivity index (χ0v) is 14.0. The van der Waals surface area contributed by atoms with Crippen molar-refractivity contribution in [2.24, 2.45) is 11.8 Å². The smallest absolute Gasteiger partial charge is 0.0113 e. The van der Waals surface area contributed by atoms with E-state index in [-0.39, 0.29) is 0 Å². The highest BCUT2D eigenvalue weighted by atomic mass is 15.0. The van der Waals surface area contributed by atoms with Crippen molar-refractivity contribution in [3.05, 3.63) is 0 Å². The molecule has 1 aliphatic carbocycles. The molecule has 4 atom stereocenters. The lowest BCUT2D eigenvalue weighted by atomic mass is 9.79. The van der Waals surface area contributed by atoms with Gasteiger partial charge in [-0.25, -0.2) is 0 Å². The maximum absolute atomic E-state index is 3.98. The van der Waals surface area contributed by atoms with Gasteiger partial charge in [0.2, 0.25) is 0 Å². The van der Waals surface area contributed by atoms with E-state index in [1.54, 1.807) is 0 Å². The molecule has 0 aromatic rings. The van der Waals surface area contributed by atoms with Crippen LogP contribution in [0, 0.1) is 11.8 Å². The normalized spacial score (nSPS) is 32.7. The second-order valence-electron chi connectivity index (χ2n) is 7.65. The van der Waals surface area contributed by atoms with Crippen molar-refractivity contribution >= 4 is 0 Å². The van der Waals surface area contributed by atoms with E-state index >= 15 is 0 Å². The third kappa shape index (κ3) is 5.04. The summed E-state index contributed by atoms with van der Waals surface area (Å²) in [5.41, 5.74) is 0. The second kappa shape index (κ2) is 8.38. The fourth-order valence-electron chi connectivity index (χ4n) is 4.21. The quantitative estimate of drug-likeness (QED) is 0.733. The summed E-state index contributed by atoms with van der Waals surface area (Å²) < 4.78 is 0. The molecule has 2 rings (SSSR count). The molecular formula is C18H36N2. The summed E-state index contributed by atoms with van der Waals surface area (Å²) in [4.78, 5) is 0. The van der Waals surface area contributed by atoms with Crippen LogP contribution in [-0.4, -0.2) is 24.7 Å². The van der Waals surface area contributed by atoms with Crippen molar-refractivity contribution in [2.45, 2.75) is 96.7 Å². The average molecular weight is 280 g/mol. The van der Waals surface area contributed by atoms with Crippen LogP contribution in [0.3, 0.4) is 0 Å². The van der Waals surface area contributed by atoms with Gasteiger partial charge in [0, 0.05) is 18.1 Å². The molecule has 2 aliphatic rings. The third-order valence-electron chi connectivity index (χ3n) is 5.35. The lowest BCUT2D eigenvalue weighted by molar-refractivity contribution is 0.200. The van der Waals surface area contributed by atoms with Crippen molar-refractivity contribution in [3.63, 3.8) is 0 Å². The highest BCUT2D eigenvalue weighted by Crippen LogP contribution is 2.31. The molecule has 0 bridgehead atoms. The first-order valence-corrected chi connectivity index (χ1v) is 9.16. The predicted octanol–water partition coefficient (Wildman–Crippen LogP) is 4.10. The minimum Gasteiger partial charge on any atom is -0.314 e. The molecule has 0 aromatic carbocycles. The van der Waals surface area contributed by atoms with Gasteiger partial charge in [-0.2, -0.15) is 0 Å². The van der Waals surface area contributed by atoms with Crippen LogP contribution >= 0.6 is 0 Å². The van der Waals surface area contributed by atoms with Gasteiger partial charge >= 0.3 is 0 Å². The van der Waals surface area contributed by atoms with Crippen LogP contribution in [-0.2, 0) is 0 Å². The Morgan fingerprint density at radius 3 is 2.50 bits per heavy atom. The first-order valence-electron chi connectivity index (χ1n) is 9.16. The standard InChI is InChI=1S/C18H36N2/c1-14(2)8-6-9-15(3)20-18-11-5-4-10-16(18)17-12-7-13-19-17/h14-20H,4-13H2,1-3H3. The van der Waals surface area contributed by atoms with Crippen molar-refractivity contribution in [3.8, 4) is 0 Å². The Labute approximate surface area is 126 Å². The van der Waals surface area contributed by atoms with Crippen LogP contribution in [0.1, 0.15) is 78.6 Å². The number of rotatable bonds is 7. The van der Waals surface area contributed by atoms with Gasteiger partial charge in [0.1, 0.15) is 0 Å². The Bertz CT molecular complexity index is 258. The molecule has 118 valence electrons. The molecule has 0 spiro atoms. The summed E-state index contributed by atoms with van der Waals surface area (Å²) in [6.07, 6.45) is 12.6. The first kappa shape index (κ1) is 16.3. The molecule has 2 heteroatoms. The molecule has 0 aromatic heterocycles. The van der Waals surface area contributed by atoms with E-state index in [1.165, 1.54) is 64.3 Å². The molecule has 0 amide bonds. The van der Waals surface area contributed by atoms with Gasteiger partial charge in [-0.05, 0) is 57.4 Å². The van der Waals surface area contributed by atoms with Crippen LogP contribution < -0.4 is 10.6 Å². The number of hydrogen-bond acceptors (Lipinski definition) is 2. The Morgan fingerprint density at radius 1 is 1.00 bits per heavy atom. The van der Waals surface area contributed by atoms with Gasteiger partial charge in [0.15, 0.2) is 0 Å². The minimum absolute atomic E-state index is 0.695. The van der Waals surface area contributed by atoms with Gasteiger partial charge in [-0.1, -0.05) is 39.5 Å². The topological polar surface area (TPSA) is 24.1 Å². The molecule has 20 heavy (non-hydrogen) atoms. The fourth-order valence-corrected chi connectivity index (χ4v) is 4.21. The summed E-state index contributed by atoms with van der Waals surface area (Å²) in [6, 6.07) is 2.27. The highest BCUT2D eigenvalue weighted by molar-refractivity contribution is 4.92. The fraction of sp³-hybridized carbons (Fsp3) is 1.00. The van der Waals surface area contributed by atoms with Gasteiger partial charge in [-0.3, -0.25) is 0 Å².